The van der Waals surface area contributed by atoms with E-state index in [0.29, 0.717) is 6.20 Å². The summed E-state index contributed by atoms with van der Waals surface area (Å²) >= 11 is 0. The second-order valence-corrected chi connectivity index (χ2v) is 4.90. The minimum Gasteiger partial charge on any atom is -0.292 e. The van der Waals surface area contributed by atoms with Crippen molar-refractivity contribution in [2.24, 2.45) is 0 Å². The molecule has 0 aliphatic rings. The predicted octanol–water partition coefficient (Wildman–Crippen LogP) is 4.14. The summed E-state index contributed by atoms with van der Waals surface area (Å²) in [5.74, 6) is -0.291. The number of hydrogen-bond acceptors (Lipinski definition) is 2. The summed E-state index contributed by atoms with van der Waals surface area (Å²) in [6, 6.07) is 7.70. The number of alkyl halides is 3. The number of carbonyl (C=O) groups is 1. The van der Waals surface area contributed by atoms with Crippen LogP contribution in [0.2, 0.25) is 0 Å². The average Bonchev–Trinajstić information content (AvgIpc) is 2.42. The maximum Gasteiger partial charge on any atom is 0.417 e. The summed E-state index contributed by atoms with van der Waals surface area (Å²) in [4.78, 5) is 15.8. The molecule has 0 unspecified atom stereocenters. The predicted molar refractivity (Wildman–Crippen MR) is 73.2 cm³/mol. The largest absolute Gasteiger partial charge is 0.417 e. The van der Waals surface area contributed by atoms with Crippen molar-refractivity contribution in [3.8, 4) is 0 Å². The Balaban J connectivity index is 2.21. The molecular weight excluding hydrogens is 279 g/mol. The molecule has 5 heteroatoms. The fourth-order valence-corrected chi connectivity index (χ4v) is 2.11. The van der Waals surface area contributed by atoms with Gasteiger partial charge in [0.1, 0.15) is 5.69 Å². The van der Waals surface area contributed by atoms with Crippen molar-refractivity contribution in [1.82, 2.24) is 4.98 Å². The number of carbonyl (C=O) groups excluding carboxylic acids is 1. The first-order valence-electron chi connectivity index (χ1n) is 6.40. The highest BCUT2D eigenvalue weighted by atomic mass is 19.4. The number of Topliss-reactive ketones (excluding diaryl/α,β-unsaturated/α-hetero) is 1. The van der Waals surface area contributed by atoms with Gasteiger partial charge in [0.15, 0.2) is 5.78 Å². The molecule has 2 rings (SSSR count). The summed E-state index contributed by atoms with van der Waals surface area (Å²) in [7, 11) is 0. The van der Waals surface area contributed by atoms with Gasteiger partial charge in [-0.25, -0.2) is 0 Å². The fourth-order valence-electron chi connectivity index (χ4n) is 2.11. The van der Waals surface area contributed by atoms with E-state index in [1.165, 1.54) is 0 Å². The topological polar surface area (TPSA) is 30.0 Å². The summed E-state index contributed by atoms with van der Waals surface area (Å²) < 4.78 is 37.3. The third-order valence-electron chi connectivity index (χ3n) is 3.36. The van der Waals surface area contributed by atoms with Crippen molar-refractivity contribution >= 4 is 5.78 Å². The van der Waals surface area contributed by atoms with Gasteiger partial charge in [0.25, 0.3) is 0 Å². The van der Waals surface area contributed by atoms with Crippen LogP contribution in [-0.4, -0.2) is 10.8 Å². The summed E-state index contributed by atoms with van der Waals surface area (Å²) in [6.07, 6.45) is -3.62. The van der Waals surface area contributed by atoms with Gasteiger partial charge in [-0.15, -0.1) is 0 Å². The van der Waals surface area contributed by atoms with Crippen LogP contribution in [0.3, 0.4) is 0 Å². The zero-order valence-corrected chi connectivity index (χ0v) is 11.7. The molecule has 1 aromatic heterocycles. The lowest BCUT2D eigenvalue weighted by Crippen LogP contribution is -2.11. The molecule has 21 heavy (non-hydrogen) atoms. The van der Waals surface area contributed by atoms with E-state index in [1.807, 2.05) is 32.0 Å². The van der Waals surface area contributed by atoms with Crippen LogP contribution in [0.1, 0.15) is 32.7 Å². The van der Waals surface area contributed by atoms with Gasteiger partial charge in [0.2, 0.25) is 0 Å². The van der Waals surface area contributed by atoms with E-state index in [1.54, 1.807) is 0 Å². The van der Waals surface area contributed by atoms with E-state index in [-0.39, 0.29) is 17.9 Å². The number of pyridine rings is 1. The maximum absolute atomic E-state index is 12.4. The van der Waals surface area contributed by atoms with Gasteiger partial charge in [-0.05, 0) is 42.7 Å². The van der Waals surface area contributed by atoms with Crippen LogP contribution in [0.4, 0.5) is 13.2 Å². The number of benzene rings is 1. The number of nitrogens with zero attached hydrogens (tertiary/aromatic N) is 1. The number of aryl methyl sites for hydroxylation is 2. The Labute approximate surface area is 120 Å². The molecule has 0 bridgehead atoms. The van der Waals surface area contributed by atoms with Crippen molar-refractivity contribution in [1.29, 1.82) is 0 Å². The Hall–Kier alpha value is -2.17. The zero-order chi connectivity index (χ0) is 15.6. The van der Waals surface area contributed by atoms with E-state index in [4.69, 9.17) is 0 Å². The molecule has 110 valence electrons. The van der Waals surface area contributed by atoms with E-state index < -0.39 is 11.7 Å². The Kier molecular flexibility index (Phi) is 4.11. The standard InChI is InChI=1S/C16H14F3NO/c1-10-4-3-5-11(2)13(10)8-15(21)14-7-6-12(9-20-14)16(17,18)19/h3-7,9H,8H2,1-2H3. The molecule has 0 aliphatic heterocycles. The van der Waals surface area contributed by atoms with Crippen molar-refractivity contribution in [2.75, 3.05) is 0 Å². The lowest BCUT2D eigenvalue weighted by molar-refractivity contribution is -0.137. The molecule has 0 radical (unpaired) electrons. The van der Waals surface area contributed by atoms with Crippen LogP contribution in [-0.2, 0) is 12.6 Å². The van der Waals surface area contributed by atoms with E-state index in [2.05, 4.69) is 4.98 Å². The number of halogens is 3. The molecule has 0 spiro atoms. The van der Waals surface area contributed by atoms with Gasteiger partial charge in [0, 0.05) is 12.6 Å². The van der Waals surface area contributed by atoms with Gasteiger partial charge in [-0.3, -0.25) is 9.78 Å². The Morgan fingerprint density at radius 2 is 1.71 bits per heavy atom. The lowest BCUT2D eigenvalue weighted by atomic mass is 9.97. The number of hydrogen-bond donors (Lipinski definition) is 0. The van der Waals surface area contributed by atoms with Crippen LogP contribution in [0, 0.1) is 13.8 Å². The highest BCUT2D eigenvalue weighted by Gasteiger charge is 2.30. The highest BCUT2D eigenvalue weighted by Crippen LogP contribution is 2.28. The van der Waals surface area contributed by atoms with Gasteiger partial charge < -0.3 is 0 Å². The first kappa shape index (κ1) is 15.2. The van der Waals surface area contributed by atoms with Gasteiger partial charge >= 0.3 is 6.18 Å². The molecule has 0 N–H and O–H groups in total. The first-order valence-corrected chi connectivity index (χ1v) is 6.40. The third kappa shape index (κ3) is 3.48. The SMILES string of the molecule is Cc1cccc(C)c1CC(=O)c1ccc(C(F)(F)F)cn1. The van der Waals surface area contributed by atoms with Gasteiger partial charge in [-0.2, -0.15) is 13.2 Å². The minimum atomic E-state index is -4.44. The smallest absolute Gasteiger partial charge is 0.292 e. The lowest BCUT2D eigenvalue weighted by Gasteiger charge is -2.09. The average molecular weight is 293 g/mol. The van der Waals surface area contributed by atoms with Crippen LogP contribution >= 0.6 is 0 Å². The van der Waals surface area contributed by atoms with Crippen molar-refractivity contribution in [3.05, 3.63) is 64.5 Å². The summed E-state index contributed by atoms with van der Waals surface area (Å²) in [5, 5.41) is 0. The minimum absolute atomic E-state index is 0.0469. The van der Waals surface area contributed by atoms with Crippen LogP contribution in [0.15, 0.2) is 36.5 Å². The second-order valence-electron chi connectivity index (χ2n) is 4.90. The monoisotopic (exact) mass is 293 g/mol. The molecule has 1 heterocycles. The second kappa shape index (κ2) is 5.68. The maximum atomic E-state index is 12.4. The van der Waals surface area contributed by atoms with E-state index in [0.717, 1.165) is 28.8 Å². The molecule has 0 amide bonds. The molecule has 2 aromatic rings. The summed E-state index contributed by atoms with van der Waals surface area (Å²) in [6.45, 7) is 3.80. The van der Waals surface area contributed by atoms with Gasteiger partial charge in [-0.1, -0.05) is 18.2 Å². The number of rotatable bonds is 3. The highest BCUT2D eigenvalue weighted by molar-refractivity contribution is 5.96. The third-order valence-corrected chi connectivity index (χ3v) is 3.36. The van der Waals surface area contributed by atoms with Crippen LogP contribution in [0.25, 0.3) is 0 Å². The first-order chi connectivity index (χ1) is 9.79. The Morgan fingerprint density at radius 1 is 1.10 bits per heavy atom. The van der Waals surface area contributed by atoms with Crippen molar-refractivity contribution in [3.63, 3.8) is 0 Å². The number of ketones is 1. The quantitative estimate of drug-likeness (QED) is 0.796. The van der Waals surface area contributed by atoms with Crippen molar-refractivity contribution < 1.29 is 18.0 Å². The number of aromatic nitrogens is 1. The van der Waals surface area contributed by atoms with E-state index in [9.17, 15) is 18.0 Å². The van der Waals surface area contributed by atoms with Crippen LogP contribution < -0.4 is 0 Å². The van der Waals surface area contributed by atoms with E-state index >= 15 is 0 Å². The summed E-state index contributed by atoms with van der Waals surface area (Å²) in [5.41, 5.74) is 2.05. The molecular formula is C16H14F3NO. The molecule has 0 fully saturated rings. The normalized spacial score (nSPS) is 11.5. The molecule has 0 saturated carbocycles. The fraction of sp³-hybridized carbons (Fsp3) is 0.250. The molecule has 1 aromatic carbocycles. The van der Waals surface area contributed by atoms with Crippen molar-refractivity contribution in [2.45, 2.75) is 26.4 Å². The Bertz CT molecular complexity index is 640. The molecule has 0 aliphatic carbocycles. The Morgan fingerprint density at radius 3 is 2.19 bits per heavy atom. The molecule has 0 atom stereocenters. The molecule has 2 nitrogen and oxygen atoms in total. The molecule has 0 saturated heterocycles. The zero-order valence-electron chi connectivity index (χ0n) is 11.7. The van der Waals surface area contributed by atoms with Gasteiger partial charge in [0.05, 0.1) is 5.56 Å². The van der Waals surface area contributed by atoms with Crippen LogP contribution in [0.5, 0.6) is 0 Å².